The molecule has 0 saturated heterocycles. The number of anilines is 2. The first-order valence-electron chi connectivity index (χ1n) is 7.93. The second-order valence-corrected chi connectivity index (χ2v) is 5.99. The Labute approximate surface area is 147 Å². The number of benzene rings is 2. The lowest BCUT2D eigenvalue weighted by Gasteiger charge is -2.13. The summed E-state index contributed by atoms with van der Waals surface area (Å²) in [6.45, 7) is 1.90. The summed E-state index contributed by atoms with van der Waals surface area (Å²) < 4.78 is 5.01. The average Bonchev–Trinajstić information content (AvgIpc) is 2.60. The van der Waals surface area contributed by atoms with Crippen LogP contribution in [0, 0.1) is 6.92 Å². The Bertz CT molecular complexity index is 755. The highest BCUT2D eigenvalue weighted by atomic mass is 16.5. The summed E-state index contributed by atoms with van der Waals surface area (Å²) >= 11 is 0. The van der Waals surface area contributed by atoms with Crippen LogP contribution in [0.5, 0.6) is 0 Å². The molecule has 132 valence electrons. The predicted octanol–water partition coefficient (Wildman–Crippen LogP) is 2.12. The summed E-state index contributed by atoms with van der Waals surface area (Å²) in [4.78, 5) is 25.8. The van der Waals surface area contributed by atoms with Crippen LogP contribution < -0.4 is 16.0 Å². The van der Waals surface area contributed by atoms with E-state index in [1.54, 1.807) is 18.2 Å². The van der Waals surface area contributed by atoms with Gasteiger partial charge in [0.05, 0.1) is 5.56 Å². The van der Waals surface area contributed by atoms with E-state index >= 15 is 0 Å². The van der Waals surface area contributed by atoms with E-state index in [0.29, 0.717) is 17.8 Å². The highest BCUT2D eigenvalue weighted by molar-refractivity contribution is 5.92. The minimum absolute atomic E-state index is 0.329. The zero-order valence-corrected chi connectivity index (χ0v) is 14.7. The number of rotatable bonds is 6. The van der Waals surface area contributed by atoms with E-state index in [0.717, 1.165) is 16.8 Å². The van der Waals surface area contributed by atoms with Gasteiger partial charge in [-0.3, -0.25) is 4.79 Å². The van der Waals surface area contributed by atoms with Crippen molar-refractivity contribution in [1.82, 2.24) is 5.32 Å². The normalized spacial score (nSPS) is 10.2. The third-order valence-corrected chi connectivity index (χ3v) is 3.79. The molecule has 0 unspecified atom stereocenters. The number of aryl methyl sites for hydroxylation is 1. The molecule has 2 aromatic rings. The molecule has 25 heavy (non-hydrogen) atoms. The quantitative estimate of drug-likeness (QED) is 0.621. The number of hydrogen-bond acceptors (Lipinski definition) is 5. The Balaban J connectivity index is 1.80. The number of hydrogen-bond donors (Lipinski definition) is 2. The Morgan fingerprint density at radius 3 is 2.40 bits per heavy atom. The molecular weight excluding hydrogens is 318 g/mol. The zero-order valence-electron chi connectivity index (χ0n) is 14.7. The van der Waals surface area contributed by atoms with Crippen LogP contribution >= 0.6 is 0 Å². The molecule has 0 radical (unpaired) electrons. The lowest BCUT2D eigenvalue weighted by Crippen LogP contribution is -2.28. The lowest BCUT2D eigenvalue weighted by molar-refractivity contribution is -0.124. The molecule has 6 nitrogen and oxygen atoms in total. The van der Waals surface area contributed by atoms with E-state index in [4.69, 9.17) is 10.5 Å². The molecule has 3 N–H and O–H groups in total. The van der Waals surface area contributed by atoms with Crippen LogP contribution in [0.3, 0.4) is 0 Å². The summed E-state index contributed by atoms with van der Waals surface area (Å²) in [5.74, 6) is -0.928. The second-order valence-electron chi connectivity index (χ2n) is 5.99. The summed E-state index contributed by atoms with van der Waals surface area (Å²) in [6, 6.07) is 12.7. The Hall–Kier alpha value is -3.02. The van der Waals surface area contributed by atoms with Gasteiger partial charge in [-0.2, -0.15) is 0 Å². The van der Waals surface area contributed by atoms with Gasteiger partial charge in [0.1, 0.15) is 0 Å². The molecule has 0 aromatic heterocycles. The van der Waals surface area contributed by atoms with Crippen LogP contribution in [0.1, 0.15) is 21.5 Å². The molecule has 0 bridgehead atoms. The topological polar surface area (TPSA) is 84.7 Å². The summed E-state index contributed by atoms with van der Waals surface area (Å²) in [7, 11) is 3.93. The average molecular weight is 341 g/mol. The fourth-order valence-corrected chi connectivity index (χ4v) is 2.15. The molecule has 2 aromatic carbocycles. The smallest absolute Gasteiger partial charge is 0.338 e. The predicted molar refractivity (Wildman–Crippen MR) is 98.5 cm³/mol. The summed E-state index contributed by atoms with van der Waals surface area (Å²) in [5, 5.41) is 2.72. The molecule has 0 atom stereocenters. The van der Waals surface area contributed by atoms with Crippen molar-refractivity contribution >= 4 is 23.3 Å². The zero-order chi connectivity index (χ0) is 18.4. The van der Waals surface area contributed by atoms with Crippen LogP contribution in [0.15, 0.2) is 42.5 Å². The molecular formula is C19H23N3O3. The van der Waals surface area contributed by atoms with Gasteiger partial charge in [0, 0.05) is 32.0 Å². The molecule has 0 aliphatic heterocycles. The van der Waals surface area contributed by atoms with Gasteiger partial charge in [-0.1, -0.05) is 18.2 Å². The maximum Gasteiger partial charge on any atom is 0.338 e. The van der Waals surface area contributed by atoms with Crippen LogP contribution in [-0.4, -0.2) is 32.6 Å². The first-order chi connectivity index (χ1) is 11.9. The van der Waals surface area contributed by atoms with Crippen molar-refractivity contribution in [1.29, 1.82) is 0 Å². The lowest BCUT2D eigenvalue weighted by atomic mass is 10.1. The monoisotopic (exact) mass is 341 g/mol. The first kappa shape index (κ1) is 18.3. The van der Waals surface area contributed by atoms with Gasteiger partial charge in [-0.25, -0.2) is 4.79 Å². The van der Waals surface area contributed by atoms with Crippen molar-refractivity contribution in [2.24, 2.45) is 0 Å². The molecule has 1 amide bonds. The molecule has 0 aliphatic rings. The first-order valence-corrected chi connectivity index (χ1v) is 7.93. The van der Waals surface area contributed by atoms with E-state index in [2.05, 4.69) is 5.32 Å². The largest absolute Gasteiger partial charge is 0.452 e. The van der Waals surface area contributed by atoms with Crippen LogP contribution in [0.25, 0.3) is 0 Å². The summed E-state index contributed by atoms with van der Waals surface area (Å²) in [6.07, 6.45) is 0. The number of nitrogens with two attached hydrogens (primary N) is 1. The highest BCUT2D eigenvalue weighted by Crippen LogP contribution is 2.14. The molecule has 6 heteroatoms. The number of nitrogen functional groups attached to an aromatic ring is 1. The van der Waals surface area contributed by atoms with Crippen LogP contribution in [0.2, 0.25) is 0 Å². The number of carbonyl (C=O) groups is 2. The van der Waals surface area contributed by atoms with E-state index in [-0.39, 0.29) is 12.5 Å². The molecule has 0 spiro atoms. The van der Waals surface area contributed by atoms with Crippen molar-refractivity contribution in [3.63, 3.8) is 0 Å². The van der Waals surface area contributed by atoms with Crippen molar-refractivity contribution < 1.29 is 14.3 Å². The van der Waals surface area contributed by atoms with Crippen molar-refractivity contribution in [2.45, 2.75) is 13.5 Å². The van der Waals surface area contributed by atoms with Gasteiger partial charge in [-0.05, 0) is 42.3 Å². The van der Waals surface area contributed by atoms with E-state index in [1.165, 1.54) is 0 Å². The number of nitrogens with zero attached hydrogens (tertiary/aromatic N) is 1. The van der Waals surface area contributed by atoms with Crippen molar-refractivity contribution in [2.75, 3.05) is 31.3 Å². The van der Waals surface area contributed by atoms with Crippen LogP contribution in [0.4, 0.5) is 11.4 Å². The van der Waals surface area contributed by atoms with E-state index < -0.39 is 5.97 Å². The van der Waals surface area contributed by atoms with Gasteiger partial charge in [0.2, 0.25) is 0 Å². The molecule has 0 aliphatic carbocycles. The highest BCUT2D eigenvalue weighted by Gasteiger charge is 2.11. The van der Waals surface area contributed by atoms with Gasteiger partial charge >= 0.3 is 5.97 Å². The van der Waals surface area contributed by atoms with Crippen LogP contribution in [-0.2, 0) is 16.1 Å². The Kier molecular flexibility index (Phi) is 6.00. The maximum atomic E-state index is 11.9. The van der Waals surface area contributed by atoms with Crippen molar-refractivity contribution in [3.05, 3.63) is 59.2 Å². The van der Waals surface area contributed by atoms with Gasteiger partial charge in [0.15, 0.2) is 6.61 Å². The minimum atomic E-state index is -0.572. The van der Waals surface area contributed by atoms with E-state index in [9.17, 15) is 9.59 Å². The second kappa shape index (κ2) is 8.19. The molecule has 2 rings (SSSR count). The number of amides is 1. The van der Waals surface area contributed by atoms with Crippen molar-refractivity contribution in [3.8, 4) is 0 Å². The van der Waals surface area contributed by atoms with Gasteiger partial charge in [-0.15, -0.1) is 0 Å². The molecule has 0 heterocycles. The maximum absolute atomic E-state index is 11.9. The summed E-state index contributed by atoms with van der Waals surface area (Å²) in [5.41, 5.74) is 9.55. The minimum Gasteiger partial charge on any atom is -0.452 e. The van der Waals surface area contributed by atoms with E-state index in [1.807, 2.05) is 50.2 Å². The Morgan fingerprint density at radius 1 is 1.12 bits per heavy atom. The van der Waals surface area contributed by atoms with Gasteiger partial charge < -0.3 is 20.7 Å². The number of carbonyl (C=O) groups excluding carboxylic acids is 2. The Morgan fingerprint density at radius 2 is 1.80 bits per heavy atom. The molecule has 0 saturated carbocycles. The third kappa shape index (κ3) is 5.24. The number of nitrogens with one attached hydrogen (secondary N) is 1. The van der Waals surface area contributed by atoms with Gasteiger partial charge in [0.25, 0.3) is 5.91 Å². The third-order valence-electron chi connectivity index (χ3n) is 3.79. The SMILES string of the molecule is Cc1ccc(C(=O)OCC(=O)NCc2ccc(N(C)C)cc2)cc1N. The number of ether oxygens (including phenoxy) is 1. The molecule has 0 fully saturated rings. The fraction of sp³-hybridized carbons (Fsp3) is 0.263. The fourth-order valence-electron chi connectivity index (χ4n) is 2.15. The number of esters is 1. The standard InChI is InChI=1S/C19H23N3O3/c1-13-4-7-15(10-17(13)20)19(24)25-12-18(23)21-11-14-5-8-16(9-6-14)22(2)3/h4-10H,11-12,20H2,1-3H3,(H,21,23).